The molecule has 1 saturated heterocycles. The number of carbonyl (C=O) groups is 1. The fraction of sp³-hybridized carbons (Fsp3) is 0.321. The molecule has 2 aromatic carbocycles. The zero-order chi connectivity index (χ0) is 24.6. The maximum Gasteiger partial charge on any atom is 0.266 e. The van der Waals surface area contributed by atoms with Crippen molar-refractivity contribution in [3.63, 3.8) is 0 Å². The van der Waals surface area contributed by atoms with Gasteiger partial charge in [0.2, 0.25) is 0 Å². The number of hydrogen-bond acceptors (Lipinski definition) is 5. The highest BCUT2D eigenvalue weighted by atomic mass is 32.2. The third kappa shape index (κ3) is 5.85. The van der Waals surface area contributed by atoms with Crippen LogP contribution in [-0.2, 0) is 4.79 Å². The van der Waals surface area contributed by atoms with Gasteiger partial charge in [-0.25, -0.2) is 4.68 Å². The molecule has 6 nitrogen and oxygen atoms in total. The van der Waals surface area contributed by atoms with E-state index < -0.39 is 0 Å². The van der Waals surface area contributed by atoms with Crippen LogP contribution in [0.5, 0.6) is 5.75 Å². The molecule has 0 aliphatic carbocycles. The van der Waals surface area contributed by atoms with Crippen LogP contribution in [0, 0.1) is 0 Å². The highest BCUT2D eigenvalue weighted by Crippen LogP contribution is 2.35. The smallest absolute Gasteiger partial charge is 0.266 e. The van der Waals surface area contributed by atoms with Crippen LogP contribution in [-0.4, -0.2) is 46.0 Å². The van der Waals surface area contributed by atoms with E-state index in [4.69, 9.17) is 14.8 Å². The number of carbonyl (C=O) groups excluding carboxylic acids is 1. The molecule has 0 spiro atoms. The molecular weight excluding hydrogens is 456 g/mol. The first-order valence-corrected chi connectivity index (χ1v) is 13.0. The van der Waals surface area contributed by atoms with E-state index >= 15 is 0 Å². The monoisotopic (exact) mass is 488 g/mol. The topological polar surface area (TPSA) is 59.7 Å². The molecule has 0 unspecified atom stereocenters. The molecule has 7 heteroatoms. The first-order chi connectivity index (χ1) is 17.1. The van der Waals surface area contributed by atoms with Crippen LogP contribution >= 0.6 is 11.8 Å². The lowest BCUT2D eigenvalue weighted by Gasteiger charge is -2.14. The number of aliphatic imine (C=N–C) groups is 1. The maximum absolute atomic E-state index is 13.4. The van der Waals surface area contributed by atoms with E-state index in [1.54, 1.807) is 7.11 Å². The average molecular weight is 489 g/mol. The van der Waals surface area contributed by atoms with Gasteiger partial charge in [-0.3, -0.25) is 14.7 Å². The minimum Gasteiger partial charge on any atom is -0.497 e. The molecule has 0 N–H and O–H groups in total. The van der Waals surface area contributed by atoms with Gasteiger partial charge in [-0.05, 0) is 67.1 Å². The van der Waals surface area contributed by atoms with Crippen molar-refractivity contribution in [3.05, 3.63) is 71.3 Å². The molecule has 1 aliphatic rings. The Hall–Kier alpha value is -3.32. The molecule has 0 atom stereocenters. The van der Waals surface area contributed by atoms with Crippen LogP contribution in [0.1, 0.15) is 45.1 Å². The van der Waals surface area contributed by atoms with Gasteiger partial charge in [0.05, 0.1) is 23.4 Å². The molecule has 0 radical (unpaired) electrons. The summed E-state index contributed by atoms with van der Waals surface area (Å²) >= 11 is 1.47. The Morgan fingerprint density at radius 3 is 2.46 bits per heavy atom. The predicted molar refractivity (Wildman–Crippen MR) is 145 cm³/mol. The summed E-state index contributed by atoms with van der Waals surface area (Å²) in [5.74, 6) is 0.809. The second-order valence-corrected chi connectivity index (χ2v) is 9.39. The Morgan fingerprint density at radius 1 is 1.03 bits per heavy atom. The first kappa shape index (κ1) is 24.8. The van der Waals surface area contributed by atoms with Crippen molar-refractivity contribution in [1.82, 2.24) is 14.7 Å². The first-order valence-electron chi connectivity index (χ1n) is 12.2. The van der Waals surface area contributed by atoms with Gasteiger partial charge < -0.3 is 4.74 Å². The fourth-order valence-electron chi connectivity index (χ4n) is 3.79. The Morgan fingerprint density at radius 2 is 1.77 bits per heavy atom. The number of ether oxygens (including phenoxy) is 1. The van der Waals surface area contributed by atoms with Crippen LogP contribution in [0.25, 0.3) is 23.0 Å². The summed E-state index contributed by atoms with van der Waals surface area (Å²) in [5.41, 5.74) is 3.63. The third-order valence-electron chi connectivity index (χ3n) is 5.80. The molecule has 2 heterocycles. The number of rotatable bonds is 10. The number of aromatic nitrogens is 2. The maximum atomic E-state index is 13.4. The highest BCUT2D eigenvalue weighted by molar-refractivity contribution is 8.18. The van der Waals surface area contributed by atoms with Crippen molar-refractivity contribution in [3.8, 4) is 22.7 Å². The second-order valence-electron chi connectivity index (χ2n) is 8.38. The van der Waals surface area contributed by atoms with E-state index in [2.05, 4.69) is 13.8 Å². The summed E-state index contributed by atoms with van der Waals surface area (Å²) in [6, 6.07) is 17.8. The van der Waals surface area contributed by atoms with Crippen LogP contribution < -0.4 is 4.74 Å². The third-order valence-corrected chi connectivity index (χ3v) is 6.84. The Balaban J connectivity index is 1.74. The van der Waals surface area contributed by atoms with Gasteiger partial charge in [-0.2, -0.15) is 5.10 Å². The van der Waals surface area contributed by atoms with Gasteiger partial charge >= 0.3 is 0 Å². The SMILES string of the molecule is CCCCN=C1S/C(=C\c2cn(-c3ccccc3)nc2-c2ccc(OC)cc2)C(=O)N1CCCC. The van der Waals surface area contributed by atoms with Crippen LogP contribution in [0.4, 0.5) is 0 Å². The van der Waals surface area contributed by atoms with E-state index in [-0.39, 0.29) is 5.91 Å². The lowest BCUT2D eigenvalue weighted by molar-refractivity contribution is -0.122. The molecule has 0 bridgehead atoms. The Kier molecular flexibility index (Phi) is 8.42. The molecule has 1 aromatic heterocycles. The number of benzene rings is 2. The van der Waals surface area contributed by atoms with Crippen LogP contribution in [0.15, 0.2) is 70.7 Å². The molecule has 182 valence electrons. The minimum atomic E-state index is 0.0202. The minimum absolute atomic E-state index is 0.0202. The van der Waals surface area contributed by atoms with Crippen LogP contribution in [0.2, 0.25) is 0 Å². The van der Waals surface area contributed by atoms with E-state index in [1.165, 1.54) is 11.8 Å². The van der Waals surface area contributed by atoms with E-state index in [0.29, 0.717) is 11.4 Å². The van der Waals surface area contributed by atoms with Gasteiger partial charge in [0, 0.05) is 30.4 Å². The molecule has 35 heavy (non-hydrogen) atoms. The Labute approximate surface area is 211 Å². The highest BCUT2D eigenvalue weighted by Gasteiger charge is 2.33. The quantitative estimate of drug-likeness (QED) is 0.244. The number of para-hydroxylation sites is 1. The number of thioether (sulfide) groups is 1. The van der Waals surface area contributed by atoms with E-state index in [9.17, 15) is 4.79 Å². The summed E-state index contributed by atoms with van der Waals surface area (Å²) in [4.78, 5) is 20.6. The average Bonchev–Trinajstić information content (AvgIpc) is 3.44. The zero-order valence-corrected chi connectivity index (χ0v) is 21.4. The number of amidine groups is 1. The summed E-state index contributed by atoms with van der Waals surface area (Å²) in [6.45, 7) is 5.72. The molecule has 3 aromatic rings. The normalized spacial score (nSPS) is 16.0. The molecule has 0 saturated carbocycles. The predicted octanol–water partition coefficient (Wildman–Crippen LogP) is 6.42. The second kappa shape index (κ2) is 11.9. The van der Waals surface area contributed by atoms with Crippen LogP contribution in [0.3, 0.4) is 0 Å². The molecule has 4 rings (SSSR count). The Bertz CT molecular complexity index is 1200. The summed E-state index contributed by atoms with van der Waals surface area (Å²) in [6.07, 6.45) is 8.02. The number of amides is 1. The van der Waals surface area contributed by atoms with E-state index in [0.717, 1.165) is 65.7 Å². The van der Waals surface area contributed by atoms with Gasteiger partial charge in [0.1, 0.15) is 5.75 Å². The van der Waals surface area contributed by atoms with Crippen molar-refractivity contribution in [2.45, 2.75) is 39.5 Å². The summed E-state index contributed by atoms with van der Waals surface area (Å²) < 4.78 is 7.19. The summed E-state index contributed by atoms with van der Waals surface area (Å²) in [5, 5.41) is 5.70. The zero-order valence-electron chi connectivity index (χ0n) is 20.6. The molecule has 1 amide bonds. The molecular formula is C28H32N4O2S. The number of nitrogens with zero attached hydrogens (tertiary/aromatic N) is 4. The van der Waals surface area contributed by atoms with Crippen molar-refractivity contribution in [2.75, 3.05) is 20.2 Å². The lowest BCUT2D eigenvalue weighted by Crippen LogP contribution is -2.30. The number of methoxy groups -OCH3 is 1. The van der Waals surface area contributed by atoms with Gasteiger partial charge in [-0.15, -0.1) is 0 Å². The van der Waals surface area contributed by atoms with Crippen molar-refractivity contribution >= 4 is 28.9 Å². The van der Waals surface area contributed by atoms with E-state index in [1.807, 2.05) is 76.5 Å². The molecule has 1 fully saturated rings. The van der Waals surface area contributed by atoms with Gasteiger partial charge in [-0.1, -0.05) is 44.9 Å². The largest absolute Gasteiger partial charge is 0.497 e. The lowest BCUT2D eigenvalue weighted by atomic mass is 10.1. The molecule has 1 aliphatic heterocycles. The van der Waals surface area contributed by atoms with Crippen molar-refractivity contribution in [1.29, 1.82) is 0 Å². The fourth-order valence-corrected chi connectivity index (χ4v) is 4.81. The van der Waals surface area contributed by atoms with Crippen molar-refractivity contribution in [2.24, 2.45) is 4.99 Å². The van der Waals surface area contributed by atoms with Gasteiger partial charge in [0.25, 0.3) is 5.91 Å². The number of hydrogen-bond donors (Lipinski definition) is 0. The summed E-state index contributed by atoms with van der Waals surface area (Å²) in [7, 11) is 1.65. The van der Waals surface area contributed by atoms with Crippen molar-refractivity contribution < 1.29 is 9.53 Å². The standard InChI is InChI=1S/C28H32N4O2S/c1-4-6-17-29-28-31(18-7-5-2)27(33)25(35-28)19-22-20-32(23-11-9-8-10-12-23)30-26(22)21-13-15-24(34-3)16-14-21/h8-16,19-20H,4-7,17-18H2,1-3H3/b25-19-,29-28?. The number of unbranched alkanes of at least 4 members (excludes halogenated alkanes) is 2. The van der Waals surface area contributed by atoms with Gasteiger partial charge in [0.15, 0.2) is 5.17 Å².